The average molecular weight is 294 g/mol. The first-order valence-electron chi connectivity index (χ1n) is 5.27. The minimum atomic E-state index is -3.39. The molecule has 102 valence electrons. The number of esters is 1. The molecule has 0 atom stereocenters. The number of hydrogen-bond donors (Lipinski definition) is 1. The summed E-state index contributed by atoms with van der Waals surface area (Å²) in [6, 6.07) is 0. The van der Waals surface area contributed by atoms with Crippen molar-refractivity contribution in [3.05, 3.63) is 11.1 Å². The number of ether oxygens (including phenoxy) is 1. The topological polar surface area (TPSA) is 101 Å². The maximum Gasteiger partial charge on any atom is 0.367 e. The van der Waals surface area contributed by atoms with Gasteiger partial charge in [-0.05, 0) is 13.8 Å². The fourth-order valence-corrected chi connectivity index (χ4v) is 2.92. The first-order chi connectivity index (χ1) is 8.50. The molecule has 0 aliphatic carbocycles. The molecule has 0 saturated heterocycles. The highest BCUT2D eigenvalue weighted by atomic mass is 32.1. The van der Waals surface area contributed by atoms with Gasteiger partial charge < -0.3 is 19.5 Å². The molecular formula is C9H15N2O5PS. The third-order valence-electron chi connectivity index (χ3n) is 1.74. The van der Waals surface area contributed by atoms with Gasteiger partial charge in [0.15, 0.2) is 17.2 Å². The first kappa shape index (κ1) is 15.1. The van der Waals surface area contributed by atoms with Gasteiger partial charge in [-0.1, -0.05) is 0 Å². The summed E-state index contributed by atoms with van der Waals surface area (Å²) >= 11 is 1.12. The number of aromatic nitrogens is 1. The number of carbonyl (C=O) groups is 1. The predicted molar refractivity (Wildman–Crippen MR) is 67.7 cm³/mol. The van der Waals surface area contributed by atoms with Crippen LogP contribution < -0.4 is 5.73 Å². The van der Waals surface area contributed by atoms with Gasteiger partial charge in [-0.2, -0.15) is 0 Å². The van der Waals surface area contributed by atoms with E-state index in [0.717, 1.165) is 11.3 Å². The maximum atomic E-state index is 12.0. The van der Waals surface area contributed by atoms with Crippen LogP contribution in [0.2, 0.25) is 0 Å². The van der Waals surface area contributed by atoms with Crippen molar-refractivity contribution < 1.29 is 23.1 Å². The summed E-state index contributed by atoms with van der Waals surface area (Å²) in [5.41, 5.74) is 5.47. The molecule has 2 N–H and O–H groups in total. The molecule has 1 rings (SSSR count). The summed E-state index contributed by atoms with van der Waals surface area (Å²) in [4.78, 5) is 15.3. The van der Waals surface area contributed by atoms with E-state index >= 15 is 0 Å². The van der Waals surface area contributed by atoms with E-state index in [1.54, 1.807) is 13.8 Å². The largest absolute Gasteiger partial charge is 0.448 e. The Kier molecular flexibility index (Phi) is 5.74. The molecule has 7 nitrogen and oxygen atoms in total. The van der Waals surface area contributed by atoms with Gasteiger partial charge in [-0.15, -0.1) is 11.3 Å². The molecule has 0 saturated carbocycles. The van der Waals surface area contributed by atoms with E-state index in [2.05, 4.69) is 4.98 Å². The molecule has 0 spiro atoms. The zero-order valence-corrected chi connectivity index (χ0v) is 11.8. The highest BCUT2D eigenvalue weighted by Gasteiger charge is 2.26. The van der Waals surface area contributed by atoms with Gasteiger partial charge in [0.1, 0.15) is 0 Å². The second-order valence-electron chi connectivity index (χ2n) is 3.08. The summed E-state index contributed by atoms with van der Waals surface area (Å²) < 4.78 is 26.8. The molecule has 0 bridgehead atoms. The Morgan fingerprint density at radius 1 is 1.44 bits per heavy atom. The van der Waals surface area contributed by atoms with Crippen LogP contribution in [0.1, 0.15) is 24.3 Å². The lowest BCUT2D eigenvalue weighted by atomic mass is 10.5. The van der Waals surface area contributed by atoms with Gasteiger partial charge in [0.25, 0.3) is 0 Å². The van der Waals surface area contributed by atoms with E-state index in [4.69, 9.17) is 19.5 Å². The summed E-state index contributed by atoms with van der Waals surface area (Å²) in [5, 5.41) is 1.73. The van der Waals surface area contributed by atoms with E-state index < -0.39 is 19.9 Å². The van der Waals surface area contributed by atoms with E-state index in [1.807, 2.05) is 0 Å². The summed E-state index contributed by atoms with van der Waals surface area (Å²) in [6.45, 7) is 3.76. The maximum absolute atomic E-state index is 12.0. The van der Waals surface area contributed by atoms with Crippen LogP contribution >= 0.6 is 18.9 Å². The van der Waals surface area contributed by atoms with Crippen molar-refractivity contribution in [2.24, 2.45) is 0 Å². The van der Waals surface area contributed by atoms with Gasteiger partial charge in [0.05, 0.1) is 13.2 Å². The van der Waals surface area contributed by atoms with Crippen molar-refractivity contribution in [3.63, 3.8) is 0 Å². The van der Waals surface area contributed by atoms with Crippen LogP contribution in [0.3, 0.4) is 0 Å². The number of nitrogens with two attached hydrogens (primary N) is 1. The molecule has 18 heavy (non-hydrogen) atoms. The van der Waals surface area contributed by atoms with Crippen molar-refractivity contribution in [1.29, 1.82) is 0 Å². The molecule has 1 aromatic rings. The number of thiazole rings is 1. The van der Waals surface area contributed by atoms with Crippen LogP contribution in [0.25, 0.3) is 0 Å². The van der Waals surface area contributed by atoms with Crippen molar-refractivity contribution in [1.82, 2.24) is 4.98 Å². The number of nitrogens with zero attached hydrogens (tertiary/aromatic N) is 1. The molecule has 1 aromatic heterocycles. The Labute approximate surface area is 109 Å². The van der Waals surface area contributed by atoms with Crippen molar-refractivity contribution in [2.75, 3.05) is 25.3 Å². The lowest BCUT2D eigenvalue weighted by molar-refractivity contribution is 0.0527. The molecule has 1 heterocycles. The summed E-state index contributed by atoms with van der Waals surface area (Å²) in [5.74, 6) is -0.706. The normalized spacial score (nSPS) is 11.4. The first-order valence-corrected chi connectivity index (χ1v) is 7.87. The molecule has 9 heteroatoms. The zero-order valence-electron chi connectivity index (χ0n) is 10.1. The van der Waals surface area contributed by atoms with Crippen molar-refractivity contribution in [2.45, 2.75) is 13.8 Å². The molecule has 0 aliphatic heterocycles. The predicted octanol–water partition coefficient (Wildman–Crippen LogP) is 2.11. The molecule has 0 fully saturated rings. The highest BCUT2D eigenvalue weighted by molar-refractivity contribution is 7.53. The second kappa shape index (κ2) is 6.84. The Morgan fingerprint density at radius 3 is 2.50 bits per heavy atom. The number of rotatable bonds is 7. The molecule has 0 aromatic carbocycles. The van der Waals surface area contributed by atoms with Crippen molar-refractivity contribution >= 4 is 30.0 Å². The molecule has 0 radical (unpaired) electrons. The lowest BCUT2D eigenvalue weighted by Crippen LogP contribution is -2.10. The smallest absolute Gasteiger partial charge is 0.367 e. The molecular weight excluding hydrogens is 279 g/mol. The third-order valence-corrected chi connectivity index (χ3v) is 4.16. The van der Waals surface area contributed by atoms with E-state index in [-0.39, 0.29) is 24.0 Å². The zero-order chi connectivity index (χ0) is 13.6. The van der Waals surface area contributed by atoms with Crippen LogP contribution in [0.15, 0.2) is 5.38 Å². The quantitative estimate of drug-likeness (QED) is 0.607. The van der Waals surface area contributed by atoms with Crippen LogP contribution in [0.5, 0.6) is 0 Å². The minimum Gasteiger partial charge on any atom is -0.448 e. The van der Waals surface area contributed by atoms with E-state index in [0.29, 0.717) is 0 Å². The van der Waals surface area contributed by atoms with Crippen LogP contribution in [-0.2, 0) is 18.3 Å². The molecule has 0 unspecified atom stereocenters. The monoisotopic (exact) mass is 294 g/mol. The highest BCUT2D eigenvalue weighted by Crippen LogP contribution is 2.47. The number of anilines is 1. The van der Waals surface area contributed by atoms with Gasteiger partial charge in [-0.3, -0.25) is 4.57 Å². The lowest BCUT2D eigenvalue weighted by Gasteiger charge is -2.16. The van der Waals surface area contributed by atoms with Crippen LogP contribution in [0.4, 0.5) is 5.13 Å². The second-order valence-corrected chi connectivity index (χ2v) is 5.96. The minimum absolute atomic E-state index is 0.0806. The van der Waals surface area contributed by atoms with Crippen LogP contribution in [-0.4, -0.2) is 30.5 Å². The fraction of sp³-hybridized carbons (Fsp3) is 0.556. The Balaban J connectivity index is 2.57. The number of nitrogen functional groups attached to an aromatic ring is 1. The Hall–Kier alpha value is -0.950. The molecule has 0 amide bonds. The van der Waals surface area contributed by atoms with Crippen LogP contribution in [0, 0.1) is 0 Å². The van der Waals surface area contributed by atoms with Gasteiger partial charge in [-0.25, -0.2) is 9.78 Å². The average Bonchev–Trinajstić information content (AvgIpc) is 2.74. The SMILES string of the molecule is CCOP(=O)(COC(=O)c1csc(N)n1)OCC. The number of hydrogen-bond acceptors (Lipinski definition) is 8. The summed E-state index contributed by atoms with van der Waals surface area (Å²) in [7, 11) is -3.39. The fourth-order valence-electron chi connectivity index (χ4n) is 1.10. The van der Waals surface area contributed by atoms with E-state index in [9.17, 15) is 9.36 Å². The number of carbonyl (C=O) groups excluding carboxylic acids is 1. The third kappa shape index (κ3) is 4.38. The Bertz CT molecular complexity index is 440. The van der Waals surface area contributed by atoms with Crippen molar-refractivity contribution in [3.8, 4) is 0 Å². The van der Waals surface area contributed by atoms with Gasteiger partial charge in [0.2, 0.25) is 0 Å². The standard InChI is InChI=1S/C9H15N2O5PS/c1-3-15-17(13,16-4-2)6-14-8(12)7-5-18-9(10)11-7/h5H,3-4,6H2,1-2H3,(H2,10,11). The van der Waals surface area contributed by atoms with Gasteiger partial charge >= 0.3 is 13.6 Å². The van der Waals surface area contributed by atoms with E-state index in [1.165, 1.54) is 5.38 Å². The Morgan fingerprint density at radius 2 is 2.06 bits per heavy atom. The summed E-state index contributed by atoms with van der Waals surface area (Å²) in [6.07, 6.45) is -0.440. The van der Waals surface area contributed by atoms with Gasteiger partial charge in [0, 0.05) is 5.38 Å². The molecule has 0 aliphatic rings.